The van der Waals surface area contributed by atoms with Gasteiger partial charge in [-0.25, -0.2) is 5.01 Å². The molecule has 0 saturated carbocycles. The smallest absolute Gasteiger partial charge is 0.216 e. The molecule has 130 valence electrons. The maximum atomic E-state index is 8.30. The molecular weight excluding hydrogens is 359 g/mol. The molecule has 1 aliphatic rings. The van der Waals surface area contributed by atoms with Crippen LogP contribution in [0.25, 0.3) is 0 Å². The van der Waals surface area contributed by atoms with E-state index in [0.29, 0.717) is 28.0 Å². The predicted molar refractivity (Wildman–Crippen MR) is 103 cm³/mol. The summed E-state index contributed by atoms with van der Waals surface area (Å²) in [7, 11) is 1.59. The first-order valence-electron chi connectivity index (χ1n) is 7.80. The molecule has 5 nitrogen and oxygen atoms in total. The molecule has 2 N–H and O–H groups in total. The number of para-hydroxylation sites is 2. The minimum Gasteiger partial charge on any atom is -0.494 e. The van der Waals surface area contributed by atoms with Crippen molar-refractivity contribution < 1.29 is 4.74 Å². The van der Waals surface area contributed by atoms with Crippen LogP contribution in [-0.2, 0) is 0 Å². The maximum absolute atomic E-state index is 8.30. The van der Waals surface area contributed by atoms with Crippen molar-refractivity contribution in [1.29, 1.82) is 5.41 Å². The number of benzene rings is 2. The second-order valence-electron chi connectivity index (χ2n) is 5.74. The van der Waals surface area contributed by atoms with Gasteiger partial charge in [0.25, 0.3) is 0 Å². The molecule has 0 saturated heterocycles. The van der Waals surface area contributed by atoms with Gasteiger partial charge in [0.2, 0.25) is 5.96 Å². The van der Waals surface area contributed by atoms with Crippen molar-refractivity contribution in [1.82, 2.24) is 5.01 Å². The fourth-order valence-corrected chi connectivity index (χ4v) is 3.18. The normalized spacial score (nSPS) is 16.6. The van der Waals surface area contributed by atoms with E-state index in [1.807, 2.05) is 30.3 Å². The number of nitrogens with one attached hydrogen (secondary N) is 2. The summed E-state index contributed by atoms with van der Waals surface area (Å²) in [5.41, 5.74) is 2.35. The third kappa shape index (κ3) is 3.57. The van der Waals surface area contributed by atoms with Gasteiger partial charge in [-0.3, -0.25) is 5.41 Å². The zero-order valence-electron chi connectivity index (χ0n) is 13.9. The number of guanidine groups is 1. The Morgan fingerprint density at radius 1 is 1.20 bits per heavy atom. The van der Waals surface area contributed by atoms with Gasteiger partial charge < -0.3 is 10.1 Å². The topological polar surface area (TPSA) is 60.7 Å². The van der Waals surface area contributed by atoms with Crippen molar-refractivity contribution in [3.05, 3.63) is 58.1 Å². The monoisotopic (exact) mass is 376 g/mol. The first-order chi connectivity index (χ1) is 12.0. The van der Waals surface area contributed by atoms with Crippen LogP contribution in [0.2, 0.25) is 10.0 Å². The van der Waals surface area contributed by atoms with Gasteiger partial charge >= 0.3 is 0 Å². The van der Waals surface area contributed by atoms with Crippen molar-refractivity contribution in [2.45, 2.75) is 6.92 Å². The van der Waals surface area contributed by atoms with Gasteiger partial charge in [0.05, 0.1) is 35.1 Å². The SMILES string of the molecule is COc1c(Cl)cccc1C1=NN(C(=N)Nc2ccccc2Cl)CC1C. The van der Waals surface area contributed by atoms with Gasteiger partial charge in [-0.1, -0.05) is 48.3 Å². The Balaban J connectivity index is 1.86. The molecule has 1 atom stereocenters. The van der Waals surface area contributed by atoms with Crippen LogP contribution < -0.4 is 10.1 Å². The van der Waals surface area contributed by atoms with E-state index in [-0.39, 0.29) is 11.9 Å². The molecule has 0 bridgehead atoms. The fourth-order valence-electron chi connectivity index (χ4n) is 2.75. The molecule has 25 heavy (non-hydrogen) atoms. The Bertz CT molecular complexity index is 838. The Labute approximate surface area is 156 Å². The van der Waals surface area contributed by atoms with E-state index in [2.05, 4.69) is 17.3 Å². The van der Waals surface area contributed by atoms with E-state index in [9.17, 15) is 0 Å². The van der Waals surface area contributed by atoms with Crippen LogP contribution in [0.4, 0.5) is 5.69 Å². The molecule has 1 heterocycles. The van der Waals surface area contributed by atoms with Gasteiger partial charge in [-0.05, 0) is 24.3 Å². The molecule has 0 aliphatic carbocycles. The Hall–Kier alpha value is -2.24. The van der Waals surface area contributed by atoms with E-state index in [4.69, 9.17) is 33.3 Å². The highest BCUT2D eigenvalue weighted by Gasteiger charge is 2.29. The highest BCUT2D eigenvalue weighted by atomic mass is 35.5. The quantitative estimate of drug-likeness (QED) is 0.602. The average molecular weight is 377 g/mol. The largest absolute Gasteiger partial charge is 0.494 e. The van der Waals surface area contributed by atoms with Gasteiger partial charge in [-0.15, -0.1) is 0 Å². The van der Waals surface area contributed by atoms with E-state index in [1.165, 1.54) is 0 Å². The number of hydrogen-bond acceptors (Lipinski definition) is 3. The van der Waals surface area contributed by atoms with Crippen LogP contribution in [0.1, 0.15) is 12.5 Å². The van der Waals surface area contributed by atoms with E-state index >= 15 is 0 Å². The summed E-state index contributed by atoms with van der Waals surface area (Å²) in [6, 6.07) is 12.9. The average Bonchev–Trinajstić information content (AvgIpc) is 2.98. The lowest BCUT2D eigenvalue weighted by Crippen LogP contribution is -2.31. The Morgan fingerprint density at radius 2 is 1.92 bits per heavy atom. The van der Waals surface area contributed by atoms with Gasteiger partial charge in [0.15, 0.2) is 0 Å². The summed E-state index contributed by atoms with van der Waals surface area (Å²) < 4.78 is 5.43. The highest BCUT2D eigenvalue weighted by Crippen LogP contribution is 2.32. The van der Waals surface area contributed by atoms with Gasteiger partial charge in [0, 0.05) is 11.5 Å². The third-order valence-corrected chi connectivity index (χ3v) is 4.60. The highest BCUT2D eigenvalue weighted by molar-refractivity contribution is 6.34. The lowest BCUT2D eigenvalue weighted by Gasteiger charge is -2.17. The van der Waals surface area contributed by atoms with Crippen LogP contribution >= 0.6 is 23.2 Å². The molecule has 2 aromatic rings. The number of hydrogen-bond donors (Lipinski definition) is 2. The Kier molecular flexibility index (Phi) is 5.16. The molecule has 2 aromatic carbocycles. The number of nitrogens with zero attached hydrogens (tertiary/aromatic N) is 2. The van der Waals surface area contributed by atoms with Crippen molar-refractivity contribution in [3.8, 4) is 5.75 Å². The molecule has 0 amide bonds. The zero-order chi connectivity index (χ0) is 18.0. The van der Waals surface area contributed by atoms with Crippen molar-refractivity contribution in [2.75, 3.05) is 19.0 Å². The lowest BCUT2D eigenvalue weighted by atomic mass is 9.98. The van der Waals surface area contributed by atoms with Crippen molar-refractivity contribution >= 4 is 40.6 Å². The minimum absolute atomic E-state index is 0.126. The van der Waals surface area contributed by atoms with Crippen molar-refractivity contribution in [3.63, 3.8) is 0 Å². The molecule has 0 fully saturated rings. The summed E-state index contributed by atoms with van der Waals surface area (Å²) in [4.78, 5) is 0. The maximum Gasteiger partial charge on any atom is 0.216 e. The van der Waals surface area contributed by atoms with Crippen LogP contribution in [0.3, 0.4) is 0 Å². The van der Waals surface area contributed by atoms with Crippen LogP contribution in [-0.4, -0.2) is 30.3 Å². The molecule has 3 rings (SSSR count). The van der Waals surface area contributed by atoms with Crippen LogP contribution in [0.5, 0.6) is 5.75 Å². The summed E-state index contributed by atoms with van der Waals surface area (Å²) >= 11 is 12.4. The second kappa shape index (κ2) is 7.33. The van der Waals surface area contributed by atoms with E-state index in [1.54, 1.807) is 24.3 Å². The summed E-state index contributed by atoms with van der Waals surface area (Å²) in [6.07, 6.45) is 0. The minimum atomic E-state index is 0.126. The molecule has 1 unspecified atom stereocenters. The fraction of sp³-hybridized carbons (Fsp3) is 0.222. The number of rotatable bonds is 3. The van der Waals surface area contributed by atoms with Gasteiger partial charge in [0.1, 0.15) is 5.75 Å². The van der Waals surface area contributed by atoms with E-state index in [0.717, 1.165) is 11.3 Å². The molecular formula is C18H18Cl2N4O. The number of anilines is 1. The lowest BCUT2D eigenvalue weighted by molar-refractivity contribution is 0.414. The Morgan fingerprint density at radius 3 is 2.64 bits per heavy atom. The standard InChI is InChI=1S/C18H18Cl2N4O/c1-11-10-24(18(21)22-15-9-4-3-7-13(15)19)23-16(11)12-6-5-8-14(20)17(12)25-2/h3-9,11H,10H2,1-2H3,(H2,21,22). The number of halogens is 2. The van der Waals surface area contributed by atoms with E-state index < -0.39 is 0 Å². The molecule has 1 aliphatic heterocycles. The number of methoxy groups -OCH3 is 1. The first-order valence-corrected chi connectivity index (χ1v) is 8.56. The summed E-state index contributed by atoms with van der Waals surface area (Å²) in [5.74, 6) is 0.888. The second-order valence-corrected chi connectivity index (χ2v) is 6.56. The summed E-state index contributed by atoms with van der Waals surface area (Å²) in [6.45, 7) is 2.64. The number of hydrazone groups is 1. The number of ether oxygens (including phenoxy) is 1. The first kappa shape index (κ1) is 17.6. The van der Waals surface area contributed by atoms with Gasteiger partial charge in [-0.2, -0.15) is 5.10 Å². The predicted octanol–water partition coefficient (Wildman–Crippen LogP) is 4.70. The van der Waals surface area contributed by atoms with Crippen molar-refractivity contribution in [2.24, 2.45) is 11.0 Å². The van der Waals surface area contributed by atoms with Crippen LogP contribution in [0, 0.1) is 11.3 Å². The molecule has 0 aromatic heterocycles. The molecule has 0 radical (unpaired) electrons. The van der Waals surface area contributed by atoms with Crippen LogP contribution in [0.15, 0.2) is 47.6 Å². The molecule has 7 heteroatoms. The zero-order valence-corrected chi connectivity index (χ0v) is 15.4. The third-order valence-electron chi connectivity index (χ3n) is 3.97. The summed E-state index contributed by atoms with van der Waals surface area (Å²) in [5, 5.41) is 18.6. The molecule has 0 spiro atoms.